The summed E-state index contributed by atoms with van der Waals surface area (Å²) in [6, 6.07) is 8.61. The molecule has 0 aliphatic carbocycles. The number of hydrogen-bond donors (Lipinski definition) is 0. The first-order valence-corrected chi connectivity index (χ1v) is 12.1. The number of imide groups is 1. The molecule has 2 aromatic rings. The number of hydroxylamine groups is 2. The fourth-order valence-electron chi connectivity index (χ4n) is 3.17. The quantitative estimate of drug-likeness (QED) is 0.137. The summed E-state index contributed by atoms with van der Waals surface area (Å²) in [5.41, 5.74) is -0.182. The van der Waals surface area contributed by atoms with Crippen molar-refractivity contribution in [2.75, 3.05) is 13.2 Å². The molecule has 11 nitrogen and oxygen atoms in total. The van der Waals surface area contributed by atoms with Gasteiger partial charge in [-0.25, -0.2) is 9.59 Å². The molecule has 14 heteroatoms. The summed E-state index contributed by atoms with van der Waals surface area (Å²) in [6.45, 7) is 5.29. The first-order chi connectivity index (χ1) is 17.3. The van der Waals surface area contributed by atoms with Crippen LogP contribution < -0.4 is 0 Å². The van der Waals surface area contributed by atoms with Gasteiger partial charge in [-0.2, -0.15) is 17.2 Å². The summed E-state index contributed by atoms with van der Waals surface area (Å²) >= 11 is 0. The number of benzene rings is 2. The van der Waals surface area contributed by atoms with Crippen molar-refractivity contribution in [3.8, 4) is 0 Å². The van der Waals surface area contributed by atoms with Crippen LogP contribution in [0.2, 0.25) is 0 Å². The van der Waals surface area contributed by atoms with E-state index in [1.165, 1.54) is 38.1 Å². The molecule has 0 aromatic heterocycles. The number of rotatable bonds is 11. The lowest BCUT2D eigenvalue weighted by atomic mass is 9.95. The van der Waals surface area contributed by atoms with Crippen molar-refractivity contribution < 1.29 is 54.9 Å². The van der Waals surface area contributed by atoms with Gasteiger partial charge in [0.1, 0.15) is 0 Å². The predicted molar refractivity (Wildman–Crippen MR) is 121 cm³/mol. The summed E-state index contributed by atoms with van der Waals surface area (Å²) < 4.78 is 71.8. The molecular formula is C23H21F2NO10S. The zero-order valence-corrected chi connectivity index (χ0v) is 20.4. The number of alkyl halides is 2. The third-order valence-electron chi connectivity index (χ3n) is 4.95. The highest BCUT2D eigenvalue weighted by atomic mass is 32.2. The molecule has 37 heavy (non-hydrogen) atoms. The van der Waals surface area contributed by atoms with E-state index in [0.29, 0.717) is 5.39 Å². The van der Waals surface area contributed by atoms with Gasteiger partial charge in [-0.05, 0) is 31.4 Å². The average Bonchev–Trinajstić information content (AvgIpc) is 2.84. The molecule has 1 aliphatic rings. The fraction of sp³-hybridized carbons (Fsp3) is 0.304. The van der Waals surface area contributed by atoms with E-state index in [1.807, 2.05) is 0 Å². The molecule has 0 saturated heterocycles. The van der Waals surface area contributed by atoms with E-state index >= 15 is 0 Å². The maximum atomic E-state index is 14.5. The Balaban J connectivity index is 1.61. The average molecular weight is 541 g/mol. The zero-order valence-electron chi connectivity index (χ0n) is 19.6. The molecule has 0 N–H and O–H groups in total. The summed E-state index contributed by atoms with van der Waals surface area (Å²) in [6.07, 6.45) is -1.17. The molecular weight excluding hydrogens is 520 g/mol. The van der Waals surface area contributed by atoms with E-state index in [-0.39, 0.29) is 40.2 Å². The van der Waals surface area contributed by atoms with Crippen LogP contribution in [0.4, 0.5) is 8.78 Å². The lowest BCUT2D eigenvalue weighted by Crippen LogP contribution is -2.48. The van der Waals surface area contributed by atoms with Crippen LogP contribution in [0.3, 0.4) is 0 Å². The van der Waals surface area contributed by atoms with Crippen LogP contribution >= 0.6 is 0 Å². The van der Waals surface area contributed by atoms with Gasteiger partial charge in [0.15, 0.2) is 6.29 Å². The smallest absolute Gasteiger partial charge is 0.460 e. The third kappa shape index (κ3) is 5.65. The molecule has 198 valence electrons. The molecule has 1 unspecified atom stereocenters. The maximum absolute atomic E-state index is 14.5. The van der Waals surface area contributed by atoms with E-state index in [0.717, 1.165) is 0 Å². The van der Waals surface area contributed by atoms with Gasteiger partial charge >= 0.3 is 27.3 Å². The molecule has 0 bridgehead atoms. The van der Waals surface area contributed by atoms with Gasteiger partial charge in [-0.3, -0.25) is 9.59 Å². The highest BCUT2D eigenvalue weighted by Gasteiger charge is 2.58. The largest absolute Gasteiger partial charge is 0.467 e. The van der Waals surface area contributed by atoms with Crippen molar-refractivity contribution in [3.63, 3.8) is 0 Å². The standard InChI is InChI=1S/C23H21F2NO10S/c1-13(2)21(29)35-14(3)33-11-6-12-34-22(30)23(24,25)37(31,32)36-26-19(27)16-9-4-7-15-8-5-10-17(18(15)16)20(26)28/h4-5,7-10,14H,1,6,11-12H2,2-3H3. The predicted octanol–water partition coefficient (Wildman–Crippen LogP) is 2.71. The Bertz CT molecular complexity index is 1340. The SMILES string of the molecule is C=C(C)C(=O)OC(C)OCCCOC(=O)C(F)(F)S(=O)(=O)ON1C(=O)c2cccc3cccc(c23)C1=O. The number of hydrogen-bond acceptors (Lipinski definition) is 10. The summed E-state index contributed by atoms with van der Waals surface area (Å²) in [4.78, 5) is 48.6. The lowest BCUT2D eigenvalue weighted by Gasteiger charge is -2.26. The van der Waals surface area contributed by atoms with Crippen molar-refractivity contribution in [2.24, 2.45) is 0 Å². The van der Waals surface area contributed by atoms with Crippen LogP contribution in [0.5, 0.6) is 0 Å². The van der Waals surface area contributed by atoms with Gasteiger partial charge in [0.2, 0.25) is 0 Å². The molecule has 1 aliphatic heterocycles. The Morgan fingerprint density at radius 3 is 2.16 bits per heavy atom. The van der Waals surface area contributed by atoms with Crippen LogP contribution in [-0.4, -0.2) is 62.0 Å². The van der Waals surface area contributed by atoms with Crippen LogP contribution in [-0.2, 0) is 38.2 Å². The highest BCUT2D eigenvalue weighted by Crippen LogP contribution is 2.33. The molecule has 3 rings (SSSR count). The van der Waals surface area contributed by atoms with Gasteiger partial charge < -0.3 is 14.2 Å². The van der Waals surface area contributed by atoms with E-state index in [2.05, 4.69) is 15.6 Å². The second-order valence-electron chi connectivity index (χ2n) is 7.77. The minimum Gasteiger partial charge on any atom is -0.460 e. The zero-order chi connectivity index (χ0) is 27.5. The second kappa shape index (κ2) is 10.7. The van der Waals surface area contributed by atoms with Crippen LogP contribution in [0.15, 0.2) is 48.6 Å². The van der Waals surface area contributed by atoms with Gasteiger partial charge in [-0.1, -0.05) is 30.8 Å². The van der Waals surface area contributed by atoms with Crippen molar-refractivity contribution >= 4 is 44.6 Å². The van der Waals surface area contributed by atoms with E-state index in [9.17, 15) is 36.4 Å². The van der Waals surface area contributed by atoms with Crippen LogP contribution in [0.1, 0.15) is 41.0 Å². The van der Waals surface area contributed by atoms with Gasteiger partial charge in [0, 0.05) is 17.4 Å². The van der Waals surface area contributed by atoms with Crippen LogP contribution in [0.25, 0.3) is 10.8 Å². The molecule has 0 fully saturated rings. The van der Waals surface area contributed by atoms with Gasteiger partial charge in [0.05, 0.1) is 24.3 Å². The lowest BCUT2D eigenvalue weighted by molar-refractivity contribution is -0.171. The molecule has 2 aromatic carbocycles. The molecule has 2 amide bonds. The summed E-state index contributed by atoms with van der Waals surface area (Å²) in [5, 5.41) is -4.91. The minimum absolute atomic E-state index is 0.129. The van der Waals surface area contributed by atoms with Gasteiger partial charge in [0.25, 0.3) is 11.8 Å². The number of esters is 2. The van der Waals surface area contributed by atoms with Crippen molar-refractivity contribution in [2.45, 2.75) is 31.8 Å². The summed E-state index contributed by atoms with van der Waals surface area (Å²) in [7, 11) is -6.19. The van der Waals surface area contributed by atoms with E-state index < -0.39 is 52.0 Å². The Labute approximate surface area is 209 Å². The molecule has 0 saturated carbocycles. The normalized spacial score (nSPS) is 14.4. The highest BCUT2D eigenvalue weighted by molar-refractivity contribution is 7.88. The Morgan fingerprint density at radius 1 is 1.05 bits per heavy atom. The maximum Gasteiger partial charge on any atom is 0.467 e. The number of nitrogens with zero attached hydrogens (tertiary/aromatic N) is 1. The van der Waals surface area contributed by atoms with Crippen molar-refractivity contribution in [3.05, 3.63) is 59.7 Å². The Morgan fingerprint density at radius 2 is 1.62 bits per heavy atom. The summed E-state index contributed by atoms with van der Waals surface area (Å²) in [5.74, 6) is -5.82. The van der Waals surface area contributed by atoms with Crippen molar-refractivity contribution in [1.29, 1.82) is 0 Å². The number of ether oxygens (including phenoxy) is 3. The van der Waals surface area contributed by atoms with Crippen molar-refractivity contribution in [1.82, 2.24) is 5.06 Å². The van der Waals surface area contributed by atoms with Gasteiger partial charge in [-0.15, -0.1) is 9.35 Å². The Hall–Kier alpha value is -3.75. The van der Waals surface area contributed by atoms with E-state index in [1.54, 1.807) is 12.1 Å². The molecule has 1 atom stereocenters. The number of carbonyl (C=O) groups excluding carboxylic acids is 4. The number of carbonyl (C=O) groups is 4. The minimum atomic E-state index is -6.19. The third-order valence-corrected chi connectivity index (χ3v) is 6.09. The fourth-order valence-corrected chi connectivity index (χ4v) is 3.85. The first kappa shape index (κ1) is 27.8. The molecule has 0 radical (unpaired) electrons. The number of halogens is 2. The first-order valence-electron chi connectivity index (χ1n) is 10.7. The second-order valence-corrected chi connectivity index (χ2v) is 9.34. The van der Waals surface area contributed by atoms with Crippen LogP contribution in [0, 0.1) is 0 Å². The number of amides is 2. The molecule has 0 spiro atoms. The topological polar surface area (TPSA) is 143 Å². The van der Waals surface area contributed by atoms with E-state index in [4.69, 9.17) is 9.47 Å². The Kier molecular flexibility index (Phi) is 8.05. The monoisotopic (exact) mass is 541 g/mol. The molecule has 1 heterocycles.